The molecular weight excluding hydrogens is 268 g/mol. The molecule has 0 atom stereocenters. The van der Waals surface area contributed by atoms with Gasteiger partial charge in [-0.25, -0.2) is 0 Å². The molecule has 0 saturated carbocycles. The maximum absolute atomic E-state index is 11.2. The van der Waals surface area contributed by atoms with Gasteiger partial charge >= 0.3 is 5.69 Å². The molecule has 1 aromatic carbocycles. The molecule has 0 bridgehead atoms. The Balaban J connectivity index is 2.26. The van der Waals surface area contributed by atoms with E-state index in [4.69, 9.17) is 0 Å². The minimum Gasteiger partial charge on any atom is -0.382 e. The second kappa shape index (κ2) is 6.69. The van der Waals surface area contributed by atoms with Crippen molar-refractivity contribution < 1.29 is 4.92 Å². The molecule has 1 aromatic heterocycles. The number of para-hydroxylation sites is 1. The summed E-state index contributed by atoms with van der Waals surface area (Å²) in [7, 11) is 1.67. The largest absolute Gasteiger partial charge is 0.382 e. The molecule has 6 nitrogen and oxygen atoms in total. The number of anilines is 2. The number of pyridine rings is 1. The van der Waals surface area contributed by atoms with Gasteiger partial charge in [-0.1, -0.05) is 19.1 Å². The monoisotopic (exact) mass is 286 g/mol. The zero-order chi connectivity index (χ0) is 15.2. The maximum Gasteiger partial charge on any atom is 0.315 e. The number of aryl methyl sites for hydroxylation is 1. The predicted molar refractivity (Wildman–Crippen MR) is 83.6 cm³/mol. The number of hydrogen-bond acceptors (Lipinski definition) is 5. The van der Waals surface area contributed by atoms with Crippen LogP contribution in [0.3, 0.4) is 0 Å². The fourth-order valence-electron chi connectivity index (χ4n) is 2.22. The van der Waals surface area contributed by atoms with Crippen LogP contribution in [0.4, 0.5) is 17.1 Å². The summed E-state index contributed by atoms with van der Waals surface area (Å²) in [6, 6.07) is 9.07. The van der Waals surface area contributed by atoms with Crippen LogP contribution in [-0.2, 0) is 13.0 Å². The first-order valence-electron chi connectivity index (χ1n) is 6.79. The third-order valence-corrected chi connectivity index (χ3v) is 3.30. The molecule has 0 radical (unpaired) electrons. The van der Waals surface area contributed by atoms with Gasteiger partial charge in [-0.15, -0.1) is 0 Å². The molecule has 0 aliphatic rings. The zero-order valence-corrected chi connectivity index (χ0v) is 12.1. The van der Waals surface area contributed by atoms with E-state index in [1.807, 2.05) is 12.1 Å². The predicted octanol–water partition coefficient (Wildman–Crippen LogP) is 3.21. The lowest BCUT2D eigenvalue weighted by molar-refractivity contribution is -0.383. The summed E-state index contributed by atoms with van der Waals surface area (Å²) in [6.07, 6.45) is 2.61. The molecule has 6 heteroatoms. The maximum atomic E-state index is 11.2. The van der Waals surface area contributed by atoms with Crippen molar-refractivity contribution in [2.24, 2.45) is 0 Å². The zero-order valence-electron chi connectivity index (χ0n) is 12.1. The highest BCUT2D eigenvalue weighted by atomic mass is 16.6. The summed E-state index contributed by atoms with van der Waals surface area (Å²) < 4.78 is 0. The summed E-state index contributed by atoms with van der Waals surface area (Å²) in [4.78, 5) is 15.2. The molecule has 2 aromatic rings. The lowest BCUT2D eigenvalue weighted by Crippen LogP contribution is -2.07. The van der Waals surface area contributed by atoms with Crippen LogP contribution in [-0.4, -0.2) is 17.0 Å². The molecule has 0 aliphatic heterocycles. The van der Waals surface area contributed by atoms with Crippen LogP contribution in [0, 0.1) is 10.1 Å². The van der Waals surface area contributed by atoms with Crippen molar-refractivity contribution in [1.29, 1.82) is 0 Å². The van der Waals surface area contributed by atoms with Crippen LogP contribution in [0.25, 0.3) is 0 Å². The second-order valence-electron chi connectivity index (χ2n) is 4.53. The molecule has 2 N–H and O–H groups in total. The summed E-state index contributed by atoms with van der Waals surface area (Å²) in [5.41, 5.74) is 3.07. The van der Waals surface area contributed by atoms with Gasteiger partial charge in [0, 0.05) is 13.2 Å². The normalized spacial score (nSPS) is 10.2. The van der Waals surface area contributed by atoms with E-state index in [-0.39, 0.29) is 10.6 Å². The number of hydrogen-bond donors (Lipinski definition) is 2. The smallest absolute Gasteiger partial charge is 0.315 e. The molecule has 2 rings (SSSR count). The van der Waals surface area contributed by atoms with Crippen molar-refractivity contribution in [3.8, 4) is 0 Å². The van der Waals surface area contributed by atoms with E-state index < -0.39 is 0 Å². The minimum atomic E-state index is -0.382. The van der Waals surface area contributed by atoms with Gasteiger partial charge in [0.1, 0.15) is 11.4 Å². The van der Waals surface area contributed by atoms with E-state index >= 15 is 0 Å². The highest BCUT2D eigenvalue weighted by Crippen LogP contribution is 2.32. The number of nitro benzene ring substituents is 1. The van der Waals surface area contributed by atoms with Crippen molar-refractivity contribution in [2.45, 2.75) is 19.9 Å². The standard InChI is InChI=1S/C15H18N4O2/c1-3-11-6-5-9-17-14(11)10-18-13-8-4-7-12(16-2)15(13)19(20)21/h4-9,16,18H,3,10H2,1-2H3. The van der Waals surface area contributed by atoms with Crippen LogP contribution >= 0.6 is 0 Å². The van der Waals surface area contributed by atoms with E-state index in [2.05, 4.69) is 22.5 Å². The van der Waals surface area contributed by atoms with Crippen molar-refractivity contribution >= 4 is 17.1 Å². The number of aromatic nitrogens is 1. The Morgan fingerprint density at radius 3 is 2.67 bits per heavy atom. The van der Waals surface area contributed by atoms with Crippen LogP contribution < -0.4 is 10.6 Å². The van der Waals surface area contributed by atoms with Crippen molar-refractivity contribution in [1.82, 2.24) is 4.98 Å². The molecule has 21 heavy (non-hydrogen) atoms. The van der Waals surface area contributed by atoms with Gasteiger partial charge in [-0.3, -0.25) is 15.1 Å². The van der Waals surface area contributed by atoms with Crippen LogP contribution in [0.2, 0.25) is 0 Å². The van der Waals surface area contributed by atoms with Gasteiger partial charge in [0.2, 0.25) is 0 Å². The Morgan fingerprint density at radius 2 is 2.00 bits per heavy atom. The van der Waals surface area contributed by atoms with Crippen LogP contribution in [0.15, 0.2) is 36.5 Å². The van der Waals surface area contributed by atoms with Gasteiger partial charge in [-0.05, 0) is 30.2 Å². The number of nitrogens with one attached hydrogen (secondary N) is 2. The van der Waals surface area contributed by atoms with E-state index in [1.54, 1.807) is 31.4 Å². The molecule has 0 spiro atoms. The van der Waals surface area contributed by atoms with Gasteiger partial charge < -0.3 is 10.6 Å². The highest BCUT2D eigenvalue weighted by Gasteiger charge is 2.18. The fourth-order valence-corrected chi connectivity index (χ4v) is 2.22. The topological polar surface area (TPSA) is 80.1 Å². The average molecular weight is 286 g/mol. The Bertz CT molecular complexity index is 643. The Hall–Kier alpha value is -2.63. The Labute approximate surface area is 123 Å². The minimum absolute atomic E-state index is 0.0500. The Morgan fingerprint density at radius 1 is 1.24 bits per heavy atom. The van der Waals surface area contributed by atoms with Gasteiger partial charge in [-0.2, -0.15) is 0 Å². The van der Waals surface area contributed by atoms with E-state index in [1.165, 1.54) is 0 Å². The Kier molecular flexibility index (Phi) is 4.71. The SMILES string of the molecule is CCc1cccnc1CNc1cccc(NC)c1[N+](=O)[O-]. The van der Waals surface area contributed by atoms with Gasteiger partial charge in [0.05, 0.1) is 17.2 Å². The highest BCUT2D eigenvalue weighted by molar-refractivity contribution is 5.76. The molecule has 1 heterocycles. The van der Waals surface area contributed by atoms with Crippen LogP contribution in [0.1, 0.15) is 18.2 Å². The molecular formula is C15H18N4O2. The van der Waals surface area contributed by atoms with Gasteiger partial charge in [0.15, 0.2) is 0 Å². The molecule has 110 valence electrons. The molecule has 0 aliphatic carbocycles. The number of nitrogens with zero attached hydrogens (tertiary/aromatic N) is 2. The fraction of sp³-hybridized carbons (Fsp3) is 0.267. The van der Waals surface area contributed by atoms with E-state index in [0.29, 0.717) is 17.9 Å². The molecule has 0 unspecified atom stereocenters. The van der Waals surface area contributed by atoms with E-state index in [0.717, 1.165) is 17.7 Å². The lowest BCUT2D eigenvalue weighted by atomic mass is 10.1. The summed E-state index contributed by atoms with van der Waals surface area (Å²) in [5, 5.41) is 17.2. The van der Waals surface area contributed by atoms with Crippen LogP contribution in [0.5, 0.6) is 0 Å². The first-order chi connectivity index (χ1) is 10.2. The van der Waals surface area contributed by atoms with Crippen molar-refractivity contribution in [2.75, 3.05) is 17.7 Å². The molecule has 0 saturated heterocycles. The first-order valence-corrected chi connectivity index (χ1v) is 6.79. The number of rotatable bonds is 6. The third-order valence-electron chi connectivity index (χ3n) is 3.30. The number of nitro groups is 1. The van der Waals surface area contributed by atoms with E-state index in [9.17, 15) is 10.1 Å². The molecule has 0 fully saturated rings. The molecule has 0 amide bonds. The van der Waals surface area contributed by atoms with Crippen molar-refractivity contribution in [3.05, 3.63) is 57.9 Å². The summed E-state index contributed by atoms with van der Waals surface area (Å²) in [6.45, 7) is 2.52. The average Bonchev–Trinajstić information content (AvgIpc) is 2.52. The summed E-state index contributed by atoms with van der Waals surface area (Å²) in [5.74, 6) is 0. The van der Waals surface area contributed by atoms with Gasteiger partial charge in [0.25, 0.3) is 0 Å². The number of benzene rings is 1. The summed E-state index contributed by atoms with van der Waals surface area (Å²) >= 11 is 0. The quantitative estimate of drug-likeness (QED) is 0.629. The second-order valence-corrected chi connectivity index (χ2v) is 4.53. The van der Waals surface area contributed by atoms with Crippen molar-refractivity contribution in [3.63, 3.8) is 0 Å². The third kappa shape index (κ3) is 3.28. The first kappa shape index (κ1) is 14.8. The lowest BCUT2D eigenvalue weighted by Gasteiger charge is -2.11.